The summed E-state index contributed by atoms with van der Waals surface area (Å²) in [5.74, 6) is 0.281. The number of nitrogens with one attached hydrogen (secondary N) is 1. The van der Waals surface area contributed by atoms with Gasteiger partial charge in [-0.2, -0.15) is 5.26 Å². The molecule has 1 aromatic rings. The fourth-order valence-corrected chi connectivity index (χ4v) is 5.46. The minimum absolute atomic E-state index is 0.0445. The Bertz CT molecular complexity index is 692. The van der Waals surface area contributed by atoms with E-state index in [9.17, 15) is 10.1 Å². The SMILES string of the molecule is Cc1nc(SCC(=O)NC2(C#N)CCCCCC2)n(C2CCCCC2)c1C. The molecule has 0 aliphatic heterocycles. The largest absolute Gasteiger partial charge is 0.337 e. The average Bonchev–Trinajstić information content (AvgIpc) is 2.84. The molecule has 2 aliphatic rings. The molecule has 0 saturated heterocycles. The Balaban J connectivity index is 1.65. The second-order valence-corrected chi connectivity index (χ2v) is 9.11. The van der Waals surface area contributed by atoms with Gasteiger partial charge < -0.3 is 9.88 Å². The molecule has 1 aromatic heterocycles. The van der Waals surface area contributed by atoms with Crippen molar-refractivity contribution in [2.75, 3.05) is 5.75 Å². The lowest BCUT2D eigenvalue weighted by atomic mass is 9.92. The van der Waals surface area contributed by atoms with Crippen LogP contribution < -0.4 is 5.32 Å². The molecule has 148 valence electrons. The minimum Gasteiger partial charge on any atom is -0.337 e. The van der Waals surface area contributed by atoms with Gasteiger partial charge in [0.2, 0.25) is 5.91 Å². The standard InChI is InChI=1S/C21H32N4OS/c1-16-17(2)25(18-10-6-5-7-11-18)20(23-16)27-14-19(26)24-21(15-22)12-8-3-4-9-13-21/h18H,3-14H2,1-2H3,(H,24,26). The van der Waals surface area contributed by atoms with Gasteiger partial charge in [-0.05, 0) is 39.5 Å². The van der Waals surface area contributed by atoms with Crippen molar-refractivity contribution in [3.63, 3.8) is 0 Å². The molecular weight excluding hydrogens is 356 g/mol. The molecule has 6 heteroatoms. The number of nitrogens with zero attached hydrogens (tertiary/aromatic N) is 3. The number of thioether (sulfide) groups is 1. The van der Waals surface area contributed by atoms with Crippen LogP contribution in [0.1, 0.15) is 88.1 Å². The molecule has 0 atom stereocenters. The normalized spacial score (nSPS) is 20.6. The van der Waals surface area contributed by atoms with E-state index in [4.69, 9.17) is 4.98 Å². The summed E-state index contributed by atoms with van der Waals surface area (Å²) in [5, 5.41) is 13.7. The lowest BCUT2D eigenvalue weighted by Gasteiger charge is -2.27. The van der Waals surface area contributed by atoms with Crippen molar-refractivity contribution in [3.8, 4) is 6.07 Å². The first kappa shape index (κ1) is 20.3. The van der Waals surface area contributed by atoms with Gasteiger partial charge in [0.15, 0.2) is 5.16 Å². The zero-order valence-corrected chi connectivity index (χ0v) is 17.5. The van der Waals surface area contributed by atoms with Crippen LogP contribution in [0.2, 0.25) is 0 Å². The highest BCUT2D eigenvalue weighted by molar-refractivity contribution is 7.99. The maximum Gasteiger partial charge on any atom is 0.231 e. The Hall–Kier alpha value is -1.48. The van der Waals surface area contributed by atoms with Gasteiger partial charge in [0.25, 0.3) is 0 Å². The minimum atomic E-state index is -0.668. The molecule has 1 heterocycles. The molecule has 0 radical (unpaired) electrons. The van der Waals surface area contributed by atoms with Crippen molar-refractivity contribution < 1.29 is 4.79 Å². The zero-order valence-electron chi connectivity index (χ0n) is 16.7. The van der Waals surface area contributed by atoms with Crippen molar-refractivity contribution in [1.82, 2.24) is 14.9 Å². The van der Waals surface area contributed by atoms with E-state index in [-0.39, 0.29) is 5.91 Å². The van der Waals surface area contributed by atoms with Crippen LogP contribution in [0, 0.1) is 25.2 Å². The molecular formula is C21H32N4OS. The number of carbonyl (C=O) groups excluding carboxylic acids is 1. The molecule has 3 rings (SSSR count). The molecule has 0 unspecified atom stereocenters. The number of rotatable bonds is 5. The van der Waals surface area contributed by atoms with Crippen LogP contribution in [0.15, 0.2) is 5.16 Å². The summed E-state index contributed by atoms with van der Waals surface area (Å²) in [4.78, 5) is 17.4. The van der Waals surface area contributed by atoms with Crippen LogP contribution in [0.25, 0.3) is 0 Å². The number of aromatic nitrogens is 2. The van der Waals surface area contributed by atoms with Crippen LogP contribution in [0.4, 0.5) is 0 Å². The van der Waals surface area contributed by atoms with E-state index in [0.717, 1.165) is 49.4 Å². The number of hydrogen-bond donors (Lipinski definition) is 1. The van der Waals surface area contributed by atoms with Gasteiger partial charge in [0.1, 0.15) is 5.54 Å². The summed E-state index contributed by atoms with van der Waals surface area (Å²) >= 11 is 1.52. The molecule has 2 fully saturated rings. The number of carbonyl (C=O) groups is 1. The van der Waals surface area contributed by atoms with Gasteiger partial charge in [-0.3, -0.25) is 4.79 Å². The van der Waals surface area contributed by atoms with E-state index in [0.29, 0.717) is 11.8 Å². The van der Waals surface area contributed by atoms with Gasteiger partial charge in [0.05, 0.1) is 17.5 Å². The van der Waals surface area contributed by atoms with E-state index in [1.165, 1.54) is 49.6 Å². The first-order valence-corrected chi connectivity index (χ1v) is 11.4. The number of aryl methyl sites for hydroxylation is 1. The highest BCUT2D eigenvalue weighted by Gasteiger charge is 2.32. The highest BCUT2D eigenvalue weighted by Crippen LogP contribution is 2.34. The Morgan fingerprint density at radius 1 is 1.19 bits per heavy atom. The van der Waals surface area contributed by atoms with Gasteiger partial charge in [-0.1, -0.05) is 56.7 Å². The molecule has 1 N–H and O–H groups in total. The van der Waals surface area contributed by atoms with Crippen molar-refractivity contribution >= 4 is 17.7 Å². The van der Waals surface area contributed by atoms with Crippen molar-refractivity contribution in [2.45, 2.75) is 101 Å². The summed E-state index contributed by atoms with van der Waals surface area (Å²) in [6.45, 7) is 4.19. The van der Waals surface area contributed by atoms with Crippen LogP contribution in [0.5, 0.6) is 0 Å². The third kappa shape index (κ3) is 4.87. The summed E-state index contributed by atoms with van der Waals surface area (Å²) in [6.07, 6.45) is 12.2. The average molecular weight is 389 g/mol. The van der Waals surface area contributed by atoms with E-state index in [1.807, 2.05) is 0 Å². The Morgan fingerprint density at radius 2 is 1.81 bits per heavy atom. The smallest absolute Gasteiger partial charge is 0.231 e. The van der Waals surface area contributed by atoms with Crippen molar-refractivity contribution in [3.05, 3.63) is 11.4 Å². The molecule has 27 heavy (non-hydrogen) atoms. The first-order valence-electron chi connectivity index (χ1n) is 10.5. The second kappa shape index (κ2) is 9.14. The second-order valence-electron chi connectivity index (χ2n) is 8.17. The highest BCUT2D eigenvalue weighted by atomic mass is 32.2. The van der Waals surface area contributed by atoms with Crippen molar-refractivity contribution in [1.29, 1.82) is 5.26 Å². The van der Waals surface area contributed by atoms with Crippen molar-refractivity contribution in [2.24, 2.45) is 0 Å². The van der Waals surface area contributed by atoms with E-state index in [2.05, 4.69) is 29.8 Å². The third-order valence-electron chi connectivity index (χ3n) is 6.18. The summed E-state index contributed by atoms with van der Waals surface area (Å²) in [7, 11) is 0. The number of nitriles is 1. The van der Waals surface area contributed by atoms with Crippen LogP contribution in [-0.4, -0.2) is 26.8 Å². The third-order valence-corrected chi connectivity index (χ3v) is 7.13. The molecule has 2 aliphatic carbocycles. The van der Waals surface area contributed by atoms with E-state index in [1.54, 1.807) is 0 Å². The lowest BCUT2D eigenvalue weighted by molar-refractivity contribution is -0.120. The Morgan fingerprint density at radius 3 is 2.44 bits per heavy atom. The van der Waals surface area contributed by atoms with Crippen LogP contribution in [0.3, 0.4) is 0 Å². The predicted octanol–water partition coefficient (Wildman–Crippen LogP) is 4.83. The fraction of sp³-hybridized carbons (Fsp3) is 0.762. The maximum absolute atomic E-state index is 12.6. The zero-order chi connectivity index (χ0) is 19.3. The van der Waals surface area contributed by atoms with E-state index < -0.39 is 5.54 Å². The monoisotopic (exact) mass is 388 g/mol. The molecule has 0 bridgehead atoms. The van der Waals surface area contributed by atoms with Crippen LogP contribution in [-0.2, 0) is 4.79 Å². The van der Waals surface area contributed by atoms with Gasteiger partial charge >= 0.3 is 0 Å². The topological polar surface area (TPSA) is 70.7 Å². The number of imidazole rings is 1. The lowest BCUT2D eigenvalue weighted by Crippen LogP contribution is -2.47. The molecule has 2 saturated carbocycles. The van der Waals surface area contributed by atoms with Gasteiger partial charge in [-0.25, -0.2) is 4.98 Å². The quantitative estimate of drug-likeness (QED) is 0.579. The number of amides is 1. The molecule has 0 aromatic carbocycles. The van der Waals surface area contributed by atoms with Gasteiger partial charge in [-0.15, -0.1) is 0 Å². The fourth-order valence-electron chi connectivity index (χ4n) is 4.50. The molecule has 5 nitrogen and oxygen atoms in total. The molecule has 1 amide bonds. The van der Waals surface area contributed by atoms with Crippen LogP contribution >= 0.6 is 11.8 Å². The molecule has 0 spiro atoms. The van der Waals surface area contributed by atoms with E-state index >= 15 is 0 Å². The van der Waals surface area contributed by atoms with Gasteiger partial charge in [0, 0.05) is 11.7 Å². The Labute approximate surface area is 167 Å². The summed E-state index contributed by atoms with van der Waals surface area (Å²) in [5.41, 5.74) is 1.61. The Kier molecular flexibility index (Phi) is 6.86. The maximum atomic E-state index is 12.6. The first-order chi connectivity index (χ1) is 13.0. The number of hydrogen-bond acceptors (Lipinski definition) is 4. The predicted molar refractivity (Wildman–Crippen MR) is 109 cm³/mol. The summed E-state index contributed by atoms with van der Waals surface area (Å²) < 4.78 is 2.36. The summed E-state index contributed by atoms with van der Waals surface area (Å²) in [6, 6.07) is 2.91.